The van der Waals surface area contributed by atoms with Gasteiger partial charge in [-0.2, -0.15) is 0 Å². The number of carbonyl (C=O) groups excluding carboxylic acids is 1. The van der Waals surface area contributed by atoms with Crippen LogP contribution in [0.2, 0.25) is 0 Å². The summed E-state index contributed by atoms with van der Waals surface area (Å²) in [7, 11) is 4.18. The quantitative estimate of drug-likeness (QED) is 0.791. The number of amides is 1. The zero-order valence-corrected chi connectivity index (χ0v) is 15.9. The number of piperidine rings is 1. The number of hydrogen-bond donors (Lipinski definition) is 0. The Bertz CT molecular complexity index is 724. The standard InChI is InChI=1S/C19H28N6O/c1-15-12-22-17(13-21-15)19(26)25-9-4-6-16(14-25)18-20-7-11-24(18)10-5-8-23(2)3/h7,11-13,16H,4-6,8-10,14H2,1-3H3/t16-/m0/s1. The van der Waals surface area contributed by atoms with E-state index in [1.165, 1.54) is 0 Å². The van der Waals surface area contributed by atoms with E-state index in [-0.39, 0.29) is 11.8 Å². The third-order valence-electron chi connectivity index (χ3n) is 4.83. The van der Waals surface area contributed by atoms with Crippen molar-refractivity contribution >= 4 is 5.91 Å². The van der Waals surface area contributed by atoms with Gasteiger partial charge < -0.3 is 14.4 Å². The van der Waals surface area contributed by atoms with E-state index in [0.29, 0.717) is 12.2 Å². The van der Waals surface area contributed by atoms with Crippen molar-refractivity contribution in [1.82, 2.24) is 29.3 Å². The van der Waals surface area contributed by atoms with E-state index in [4.69, 9.17) is 0 Å². The first-order valence-corrected chi connectivity index (χ1v) is 9.28. The van der Waals surface area contributed by atoms with Gasteiger partial charge in [0.2, 0.25) is 0 Å². The van der Waals surface area contributed by atoms with Crippen molar-refractivity contribution < 1.29 is 4.79 Å². The molecular weight excluding hydrogens is 328 g/mol. The first-order chi connectivity index (χ1) is 12.5. The maximum atomic E-state index is 12.7. The van der Waals surface area contributed by atoms with Crippen molar-refractivity contribution in [3.05, 3.63) is 42.0 Å². The van der Waals surface area contributed by atoms with Gasteiger partial charge in [0, 0.05) is 44.1 Å². The van der Waals surface area contributed by atoms with Crippen molar-refractivity contribution in [2.75, 3.05) is 33.7 Å². The SMILES string of the molecule is Cc1cnc(C(=O)N2CCC[C@H](c3nccn3CCCN(C)C)C2)cn1. The molecule has 1 atom stereocenters. The minimum atomic E-state index is -0.0343. The molecular formula is C19H28N6O. The Morgan fingerprint density at radius 1 is 1.27 bits per heavy atom. The van der Waals surface area contributed by atoms with E-state index in [2.05, 4.69) is 44.7 Å². The molecule has 1 fully saturated rings. The maximum Gasteiger partial charge on any atom is 0.274 e. The predicted molar refractivity (Wildman–Crippen MR) is 100 cm³/mol. The maximum absolute atomic E-state index is 12.7. The highest BCUT2D eigenvalue weighted by atomic mass is 16.2. The summed E-state index contributed by atoms with van der Waals surface area (Å²) in [6, 6.07) is 0. The molecule has 3 heterocycles. The van der Waals surface area contributed by atoms with Crippen LogP contribution in [-0.2, 0) is 6.54 Å². The molecule has 0 N–H and O–H groups in total. The molecule has 1 aliphatic heterocycles. The number of nitrogens with zero attached hydrogens (tertiary/aromatic N) is 6. The number of carbonyl (C=O) groups is 1. The summed E-state index contributed by atoms with van der Waals surface area (Å²) >= 11 is 0. The molecule has 7 nitrogen and oxygen atoms in total. The normalized spacial score (nSPS) is 17.7. The second-order valence-electron chi connectivity index (χ2n) is 7.27. The van der Waals surface area contributed by atoms with Crippen LogP contribution in [0.5, 0.6) is 0 Å². The van der Waals surface area contributed by atoms with E-state index in [1.807, 2.05) is 18.0 Å². The van der Waals surface area contributed by atoms with Crippen LogP contribution in [0.25, 0.3) is 0 Å². The first kappa shape index (κ1) is 18.5. The van der Waals surface area contributed by atoms with Gasteiger partial charge in [-0.1, -0.05) is 0 Å². The fourth-order valence-corrected chi connectivity index (χ4v) is 3.46. The molecule has 26 heavy (non-hydrogen) atoms. The summed E-state index contributed by atoms with van der Waals surface area (Å²) in [5, 5.41) is 0. The van der Waals surface area contributed by atoms with Gasteiger partial charge in [-0.05, 0) is 46.8 Å². The van der Waals surface area contributed by atoms with Crippen LogP contribution in [0.4, 0.5) is 0 Å². The molecule has 1 saturated heterocycles. The number of likely N-dealkylation sites (tertiary alicyclic amines) is 1. The van der Waals surface area contributed by atoms with Gasteiger partial charge in [-0.15, -0.1) is 0 Å². The Balaban J connectivity index is 1.66. The third-order valence-corrected chi connectivity index (χ3v) is 4.83. The number of imidazole rings is 1. The Kier molecular flexibility index (Phi) is 5.98. The van der Waals surface area contributed by atoms with Crippen LogP contribution in [0.1, 0.15) is 47.2 Å². The van der Waals surface area contributed by atoms with Crippen LogP contribution in [-0.4, -0.2) is 69.0 Å². The molecule has 2 aromatic heterocycles. The highest BCUT2D eigenvalue weighted by molar-refractivity contribution is 5.92. The van der Waals surface area contributed by atoms with Gasteiger partial charge in [0.05, 0.1) is 11.9 Å². The van der Waals surface area contributed by atoms with Crippen LogP contribution >= 0.6 is 0 Å². The van der Waals surface area contributed by atoms with Crippen molar-refractivity contribution in [3.63, 3.8) is 0 Å². The van der Waals surface area contributed by atoms with Crippen LogP contribution < -0.4 is 0 Å². The first-order valence-electron chi connectivity index (χ1n) is 9.28. The average Bonchev–Trinajstić information content (AvgIpc) is 3.10. The average molecular weight is 356 g/mol. The van der Waals surface area contributed by atoms with Gasteiger partial charge in [-0.25, -0.2) is 9.97 Å². The molecule has 1 aliphatic rings. The summed E-state index contributed by atoms with van der Waals surface area (Å²) in [5.41, 5.74) is 1.24. The van der Waals surface area contributed by atoms with Gasteiger partial charge >= 0.3 is 0 Å². The van der Waals surface area contributed by atoms with E-state index < -0.39 is 0 Å². The van der Waals surface area contributed by atoms with E-state index >= 15 is 0 Å². The number of aromatic nitrogens is 4. The molecule has 7 heteroatoms. The molecule has 0 aliphatic carbocycles. The fraction of sp³-hybridized carbons (Fsp3) is 0.579. The largest absolute Gasteiger partial charge is 0.337 e. The van der Waals surface area contributed by atoms with Gasteiger partial charge in [0.15, 0.2) is 0 Å². The molecule has 0 aromatic carbocycles. The van der Waals surface area contributed by atoms with Crippen LogP contribution in [0.3, 0.4) is 0 Å². The topological polar surface area (TPSA) is 67.2 Å². The van der Waals surface area contributed by atoms with Crippen molar-refractivity contribution in [1.29, 1.82) is 0 Å². The lowest BCUT2D eigenvalue weighted by Gasteiger charge is -2.32. The predicted octanol–water partition coefficient (Wildman–Crippen LogP) is 1.95. The Morgan fingerprint density at radius 3 is 2.85 bits per heavy atom. The molecule has 140 valence electrons. The molecule has 0 saturated carbocycles. The molecule has 1 amide bonds. The Morgan fingerprint density at radius 2 is 2.12 bits per heavy atom. The van der Waals surface area contributed by atoms with Crippen molar-refractivity contribution in [3.8, 4) is 0 Å². The smallest absolute Gasteiger partial charge is 0.274 e. The van der Waals surface area contributed by atoms with Gasteiger partial charge in [0.1, 0.15) is 11.5 Å². The number of aryl methyl sites for hydroxylation is 2. The zero-order chi connectivity index (χ0) is 18.5. The van der Waals surface area contributed by atoms with Crippen molar-refractivity contribution in [2.24, 2.45) is 0 Å². The minimum absolute atomic E-state index is 0.0343. The molecule has 2 aromatic rings. The number of hydrogen-bond acceptors (Lipinski definition) is 5. The summed E-state index contributed by atoms with van der Waals surface area (Å²) in [6.07, 6.45) is 10.3. The second kappa shape index (κ2) is 8.40. The van der Waals surface area contributed by atoms with Gasteiger partial charge in [-0.3, -0.25) is 9.78 Å². The molecule has 0 bridgehead atoms. The second-order valence-corrected chi connectivity index (χ2v) is 7.27. The monoisotopic (exact) mass is 356 g/mol. The number of rotatable bonds is 6. The van der Waals surface area contributed by atoms with Gasteiger partial charge in [0.25, 0.3) is 5.91 Å². The lowest BCUT2D eigenvalue weighted by Crippen LogP contribution is -2.40. The van der Waals surface area contributed by atoms with Crippen LogP contribution in [0.15, 0.2) is 24.8 Å². The summed E-state index contributed by atoms with van der Waals surface area (Å²) in [5.74, 6) is 1.34. The van der Waals surface area contributed by atoms with Crippen molar-refractivity contribution in [2.45, 2.75) is 38.6 Å². The Hall–Kier alpha value is -2.28. The molecule has 0 spiro atoms. The van der Waals surface area contributed by atoms with Crippen LogP contribution in [0, 0.1) is 6.92 Å². The lowest BCUT2D eigenvalue weighted by molar-refractivity contribution is 0.0696. The zero-order valence-electron chi connectivity index (χ0n) is 15.9. The highest BCUT2D eigenvalue weighted by Gasteiger charge is 2.28. The third kappa shape index (κ3) is 4.46. The van der Waals surface area contributed by atoms with E-state index in [1.54, 1.807) is 12.4 Å². The fourth-order valence-electron chi connectivity index (χ4n) is 3.46. The minimum Gasteiger partial charge on any atom is -0.337 e. The summed E-state index contributed by atoms with van der Waals surface area (Å²) in [6.45, 7) is 5.35. The molecule has 3 rings (SSSR count). The summed E-state index contributed by atoms with van der Waals surface area (Å²) in [4.78, 5) is 29.9. The van der Waals surface area contributed by atoms with E-state index in [9.17, 15) is 4.79 Å². The highest BCUT2D eigenvalue weighted by Crippen LogP contribution is 2.26. The summed E-state index contributed by atoms with van der Waals surface area (Å²) < 4.78 is 2.24. The Labute approximate surface area is 155 Å². The lowest BCUT2D eigenvalue weighted by atomic mass is 9.96. The molecule has 0 unspecified atom stereocenters. The van der Waals surface area contributed by atoms with E-state index in [0.717, 1.165) is 50.4 Å². The molecule has 0 radical (unpaired) electrons.